The van der Waals surface area contributed by atoms with Crippen LogP contribution in [0.2, 0.25) is 0 Å². The molecule has 1 unspecified atom stereocenters. The molecule has 4 nitrogen and oxygen atoms in total. The number of ether oxygens (including phenoxy) is 1. The normalized spacial score (nSPS) is 19.7. The number of nitrogens with two attached hydrogens (primary N) is 1. The smallest absolute Gasteiger partial charge is 0.175 e. The number of hydrogen-bond acceptors (Lipinski definition) is 4. The van der Waals surface area contributed by atoms with Crippen LogP contribution >= 0.6 is 0 Å². The average molecular weight is 269 g/mol. The summed E-state index contributed by atoms with van der Waals surface area (Å²) in [7, 11) is -3.17. The van der Waals surface area contributed by atoms with E-state index >= 15 is 0 Å². The summed E-state index contributed by atoms with van der Waals surface area (Å²) in [6.07, 6.45) is 3.08. The van der Waals surface area contributed by atoms with Gasteiger partial charge in [0, 0.05) is 25.5 Å². The summed E-state index contributed by atoms with van der Waals surface area (Å²) < 4.78 is 28.4. The van der Waals surface area contributed by atoms with Crippen molar-refractivity contribution in [3.05, 3.63) is 29.8 Å². The molecule has 0 bridgehead atoms. The van der Waals surface area contributed by atoms with Gasteiger partial charge in [0.05, 0.1) is 4.90 Å². The van der Waals surface area contributed by atoms with Crippen LogP contribution in [-0.2, 0) is 14.6 Å². The first-order valence-electron chi connectivity index (χ1n) is 6.12. The predicted octanol–water partition coefficient (Wildman–Crippen LogP) is 1.52. The Kier molecular flexibility index (Phi) is 4.04. The topological polar surface area (TPSA) is 69.4 Å². The van der Waals surface area contributed by atoms with Gasteiger partial charge in [0.1, 0.15) is 0 Å². The molecule has 1 aliphatic heterocycles. The van der Waals surface area contributed by atoms with Crippen LogP contribution in [0.5, 0.6) is 0 Å². The molecule has 0 radical (unpaired) electrons. The van der Waals surface area contributed by atoms with Crippen LogP contribution in [0.15, 0.2) is 29.2 Å². The Morgan fingerprint density at radius 1 is 1.33 bits per heavy atom. The molecule has 1 aromatic rings. The molecule has 1 aliphatic rings. The van der Waals surface area contributed by atoms with E-state index in [0.29, 0.717) is 10.8 Å². The molecule has 0 aliphatic carbocycles. The molecule has 1 aromatic carbocycles. The highest BCUT2D eigenvalue weighted by Crippen LogP contribution is 2.29. The summed E-state index contributed by atoms with van der Waals surface area (Å²) in [5.41, 5.74) is 7.12. The van der Waals surface area contributed by atoms with Crippen molar-refractivity contribution in [2.45, 2.75) is 23.8 Å². The molecule has 0 saturated carbocycles. The molecular weight excluding hydrogens is 250 g/mol. The fourth-order valence-corrected chi connectivity index (χ4v) is 2.98. The van der Waals surface area contributed by atoms with Gasteiger partial charge in [-0.3, -0.25) is 0 Å². The lowest BCUT2D eigenvalue weighted by Gasteiger charge is -2.28. The zero-order chi connectivity index (χ0) is 13.2. The first kappa shape index (κ1) is 13.5. The van der Waals surface area contributed by atoms with Crippen LogP contribution in [0, 0.1) is 5.92 Å². The first-order chi connectivity index (χ1) is 8.48. The van der Waals surface area contributed by atoms with E-state index in [2.05, 4.69) is 0 Å². The molecule has 18 heavy (non-hydrogen) atoms. The van der Waals surface area contributed by atoms with Gasteiger partial charge in [-0.2, -0.15) is 0 Å². The van der Waals surface area contributed by atoms with E-state index in [9.17, 15) is 8.42 Å². The third-order valence-electron chi connectivity index (χ3n) is 3.44. The molecule has 0 aromatic heterocycles. The maximum absolute atomic E-state index is 11.5. The van der Waals surface area contributed by atoms with Gasteiger partial charge in [-0.05, 0) is 36.5 Å². The number of sulfone groups is 1. The molecule has 2 N–H and O–H groups in total. The molecule has 1 fully saturated rings. The second kappa shape index (κ2) is 5.38. The van der Waals surface area contributed by atoms with Gasteiger partial charge in [-0.1, -0.05) is 12.1 Å². The Balaban J connectivity index is 2.22. The van der Waals surface area contributed by atoms with Crippen molar-refractivity contribution in [1.82, 2.24) is 0 Å². The molecule has 100 valence electrons. The summed E-state index contributed by atoms with van der Waals surface area (Å²) in [5.74, 6) is 0.369. The van der Waals surface area contributed by atoms with E-state index in [1.54, 1.807) is 18.2 Å². The molecular formula is C13H19NO3S. The van der Waals surface area contributed by atoms with Gasteiger partial charge >= 0.3 is 0 Å². The third kappa shape index (κ3) is 3.10. The van der Waals surface area contributed by atoms with E-state index in [1.165, 1.54) is 6.26 Å². The van der Waals surface area contributed by atoms with Gasteiger partial charge in [0.25, 0.3) is 0 Å². The van der Waals surface area contributed by atoms with Crippen molar-refractivity contribution >= 4 is 9.84 Å². The van der Waals surface area contributed by atoms with E-state index < -0.39 is 9.84 Å². The molecule has 0 amide bonds. The highest BCUT2D eigenvalue weighted by Gasteiger charge is 2.23. The molecule has 1 saturated heterocycles. The van der Waals surface area contributed by atoms with Crippen molar-refractivity contribution in [2.24, 2.45) is 11.7 Å². The van der Waals surface area contributed by atoms with Gasteiger partial charge in [0.15, 0.2) is 9.84 Å². The molecule has 1 atom stereocenters. The van der Waals surface area contributed by atoms with Crippen LogP contribution < -0.4 is 5.73 Å². The minimum absolute atomic E-state index is 0.115. The second-order valence-corrected chi connectivity index (χ2v) is 6.84. The van der Waals surface area contributed by atoms with E-state index in [-0.39, 0.29) is 6.04 Å². The Morgan fingerprint density at radius 2 is 2.00 bits per heavy atom. The van der Waals surface area contributed by atoms with Gasteiger partial charge in [-0.25, -0.2) is 8.42 Å². The summed E-state index contributed by atoms with van der Waals surface area (Å²) in [5, 5.41) is 0. The van der Waals surface area contributed by atoms with Crippen LogP contribution in [0.3, 0.4) is 0 Å². The maximum Gasteiger partial charge on any atom is 0.175 e. The van der Waals surface area contributed by atoms with Crippen LogP contribution in [-0.4, -0.2) is 27.9 Å². The van der Waals surface area contributed by atoms with Crippen LogP contribution in [0.1, 0.15) is 24.4 Å². The summed E-state index contributed by atoms with van der Waals surface area (Å²) in [6.45, 7) is 1.48. The molecule has 2 rings (SSSR count). The summed E-state index contributed by atoms with van der Waals surface area (Å²) in [4.78, 5) is 0.336. The maximum atomic E-state index is 11.5. The first-order valence-corrected chi connectivity index (χ1v) is 8.01. The fourth-order valence-electron chi connectivity index (χ4n) is 2.30. The van der Waals surface area contributed by atoms with Crippen molar-refractivity contribution in [1.29, 1.82) is 0 Å². The minimum Gasteiger partial charge on any atom is -0.381 e. The van der Waals surface area contributed by atoms with Crippen molar-refractivity contribution in [3.8, 4) is 0 Å². The van der Waals surface area contributed by atoms with Crippen LogP contribution in [0.25, 0.3) is 0 Å². The van der Waals surface area contributed by atoms with E-state index in [0.717, 1.165) is 31.6 Å². The number of rotatable bonds is 3. The number of hydrogen-bond donors (Lipinski definition) is 1. The highest BCUT2D eigenvalue weighted by atomic mass is 32.2. The minimum atomic E-state index is -3.17. The molecule has 5 heteroatoms. The largest absolute Gasteiger partial charge is 0.381 e. The highest BCUT2D eigenvalue weighted by molar-refractivity contribution is 7.90. The van der Waals surface area contributed by atoms with Gasteiger partial charge in [-0.15, -0.1) is 0 Å². The lowest BCUT2D eigenvalue weighted by atomic mass is 9.88. The zero-order valence-electron chi connectivity index (χ0n) is 10.5. The van der Waals surface area contributed by atoms with Crippen molar-refractivity contribution < 1.29 is 13.2 Å². The Bertz CT molecular complexity index is 507. The lowest BCUT2D eigenvalue weighted by Crippen LogP contribution is -2.27. The van der Waals surface area contributed by atoms with Gasteiger partial charge < -0.3 is 10.5 Å². The molecule has 1 heterocycles. The lowest BCUT2D eigenvalue weighted by molar-refractivity contribution is 0.0583. The monoisotopic (exact) mass is 269 g/mol. The Labute approximate surface area is 108 Å². The Hall–Kier alpha value is -0.910. The van der Waals surface area contributed by atoms with Crippen molar-refractivity contribution in [3.63, 3.8) is 0 Å². The fraction of sp³-hybridized carbons (Fsp3) is 0.538. The van der Waals surface area contributed by atoms with E-state index in [4.69, 9.17) is 10.5 Å². The number of benzene rings is 1. The zero-order valence-corrected chi connectivity index (χ0v) is 11.3. The summed E-state index contributed by atoms with van der Waals surface area (Å²) >= 11 is 0. The Morgan fingerprint density at radius 3 is 2.61 bits per heavy atom. The third-order valence-corrected chi connectivity index (χ3v) is 4.56. The van der Waals surface area contributed by atoms with Crippen molar-refractivity contribution in [2.75, 3.05) is 19.5 Å². The van der Waals surface area contributed by atoms with Crippen LogP contribution in [0.4, 0.5) is 0 Å². The predicted molar refractivity (Wildman–Crippen MR) is 70.0 cm³/mol. The van der Waals surface area contributed by atoms with E-state index in [1.807, 2.05) is 6.07 Å². The average Bonchev–Trinajstić information content (AvgIpc) is 2.38. The second-order valence-electron chi connectivity index (χ2n) is 4.82. The van der Waals surface area contributed by atoms with Gasteiger partial charge in [0.2, 0.25) is 0 Å². The SMILES string of the molecule is CS(=O)(=O)c1cccc(C(N)C2CCOCC2)c1. The standard InChI is InChI=1S/C13H19NO3S/c1-18(15,16)12-4-2-3-11(9-12)13(14)10-5-7-17-8-6-10/h2-4,9-10,13H,5-8,14H2,1H3. The molecule has 0 spiro atoms. The quantitative estimate of drug-likeness (QED) is 0.903. The summed E-state index contributed by atoms with van der Waals surface area (Å²) in [6, 6.07) is 6.83.